The van der Waals surface area contributed by atoms with Gasteiger partial charge in [-0.2, -0.15) is 0 Å². The van der Waals surface area contributed by atoms with Gasteiger partial charge in [-0.1, -0.05) is 0 Å². The van der Waals surface area contributed by atoms with Crippen molar-refractivity contribution in [3.8, 4) is 0 Å². The number of aromatic amines is 2. The molecule has 1 heterocycles. The monoisotopic (exact) mass is 185 g/mol. The molecule has 0 fully saturated rings. The number of nitrogens with one attached hydrogen (secondary N) is 2. The molecule has 74 valence electrons. The highest BCUT2D eigenvalue weighted by molar-refractivity contribution is 4.96. The number of likely N-dealkylation sites (N-methyl/N-ethyl adjacent to an activating group) is 1. The zero-order chi connectivity index (χ0) is 9.84. The molecule has 0 spiro atoms. The lowest BCUT2D eigenvalue weighted by atomic mass is 10.2. The minimum absolute atomic E-state index is 0.230. The highest BCUT2D eigenvalue weighted by Crippen LogP contribution is 1.96. The normalized spacial score (nSPS) is 13.5. The number of imidazole rings is 1. The van der Waals surface area contributed by atoms with Crippen LogP contribution in [0.1, 0.15) is 5.69 Å². The van der Waals surface area contributed by atoms with Crippen LogP contribution in [0.4, 0.5) is 0 Å². The summed E-state index contributed by atoms with van der Waals surface area (Å²) in [5, 5.41) is 9.50. The molecule has 0 aromatic carbocycles. The van der Waals surface area contributed by atoms with E-state index >= 15 is 0 Å². The smallest absolute Gasteiger partial charge is 0.323 e. The summed E-state index contributed by atoms with van der Waals surface area (Å²) in [5.41, 5.74) is 0.506. The number of nitrogens with zero attached hydrogens (tertiary/aromatic N) is 1. The van der Waals surface area contributed by atoms with Gasteiger partial charge in [0.15, 0.2) is 0 Å². The van der Waals surface area contributed by atoms with E-state index in [2.05, 4.69) is 9.97 Å². The third-order valence-corrected chi connectivity index (χ3v) is 1.68. The molecule has 0 amide bonds. The van der Waals surface area contributed by atoms with Gasteiger partial charge in [0.25, 0.3) is 0 Å². The second kappa shape index (κ2) is 4.25. The molecular formula is C8H15N3O2. The number of H-pyrrole nitrogens is 2. The summed E-state index contributed by atoms with van der Waals surface area (Å²) >= 11 is 0. The zero-order valence-electron chi connectivity index (χ0n) is 7.87. The maximum atomic E-state index is 10.7. The van der Waals surface area contributed by atoms with Crippen LogP contribution in [0.25, 0.3) is 0 Å². The van der Waals surface area contributed by atoms with Crippen LogP contribution >= 0.6 is 0 Å². The standard InChI is InChI=1S/C8H15N3O2/c1-11(2)5-7(12)3-6-4-9-8(13)10-6/h4,7,12H,3,5H2,1-2H3,(H2,9,10,13). The Labute approximate surface area is 76.4 Å². The largest absolute Gasteiger partial charge is 0.391 e. The fourth-order valence-electron chi connectivity index (χ4n) is 1.22. The Morgan fingerprint density at radius 3 is 2.77 bits per heavy atom. The second-order valence-corrected chi connectivity index (χ2v) is 3.39. The minimum Gasteiger partial charge on any atom is -0.391 e. The lowest BCUT2D eigenvalue weighted by molar-refractivity contribution is 0.136. The van der Waals surface area contributed by atoms with Gasteiger partial charge in [0.05, 0.1) is 6.10 Å². The van der Waals surface area contributed by atoms with Gasteiger partial charge in [-0.3, -0.25) is 0 Å². The first-order valence-corrected chi connectivity index (χ1v) is 4.17. The maximum absolute atomic E-state index is 10.7. The van der Waals surface area contributed by atoms with E-state index in [1.807, 2.05) is 19.0 Å². The third kappa shape index (κ3) is 3.43. The quantitative estimate of drug-likeness (QED) is 0.573. The first-order valence-electron chi connectivity index (χ1n) is 4.17. The molecule has 1 atom stereocenters. The Morgan fingerprint density at radius 1 is 1.62 bits per heavy atom. The van der Waals surface area contributed by atoms with Crippen molar-refractivity contribution in [2.24, 2.45) is 0 Å². The van der Waals surface area contributed by atoms with Gasteiger partial charge in [0, 0.05) is 24.9 Å². The van der Waals surface area contributed by atoms with Crippen molar-refractivity contribution in [3.05, 3.63) is 22.4 Å². The van der Waals surface area contributed by atoms with Crippen molar-refractivity contribution in [1.29, 1.82) is 0 Å². The van der Waals surface area contributed by atoms with Gasteiger partial charge in [0.1, 0.15) is 0 Å². The lowest BCUT2D eigenvalue weighted by Gasteiger charge is -2.14. The summed E-state index contributed by atoms with van der Waals surface area (Å²) in [4.78, 5) is 17.7. The Kier molecular flexibility index (Phi) is 3.27. The highest BCUT2D eigenvalue weighted by Gasteiger charge is 2.07. The topological polar surface area (TPSA) is 72.1 Å². The average Bonchev–Trinajstić information content (AvgIpc) is 2.33. The molecule has 5 heteroatoms. The van der Waals surface area contributed by atoms with E-state index < -0.39 is 6.10 Å². The van der Waals surface area contributed by atoms with E-state index in [0.29, 0.717) is 13.0 Å². The fourth-order valence-corrected chi connectivity index (χ4v) is 1.22. The van der Waals surface area contributed by atoms with Crippen LogP contribution in [-0.2, 0) is 6.42 Å². The van der Waals surface area contributed by atoms with Crippen molar-refractivity contribution < 1.29 is 5.11 Å². The summed E-state index contributed by atoms with van der Waals surface area (Å²) in [5.74, 6) is 0. The van der Waals surface area contributed by atoms with E-state index in [9.17, 15) is 9.90 Å². The Morgan fingerprint density at radius 2 is 2.31 bits per heavy atom. The fraction of sp³-hybridized carbons (Fsp3) is 0.625. The molecule has 1 unspecified atom stereocenters. The average molecular weight is 185 g/mol. The molecule has 0 saturated carbocycles. The zero-order valence-corrected chi connectivity index (χ0v) is 7.87. The van der Waals surface area contributed by atoms with E-state index in [4.69, 9.17) is 0 Å². The molecule has 0 saturated heterocycles. The van der Waals surface area contributed by atoms with Crippen LogP contribution < -0.4 is 5.69 Å². The lowest BCUT2D eigenvalue weighted by Crippen LogP contribution is -2.27. The van der Waals surface area contributed by atoms with Crippen LogP contribution in [0, 0.1) is 0 Å². The minimum atomic E-state index is -0.443. The molecule has 1 rings (SSSR count). The summed E-state index contributed by atoms with van der Waals surface area (Å²) in [6, 6.07) is 0. The Bertz CT molecular complexity index is 302. The van der Waals surface area contributed by atoms with Gasteiger partial charge >= 0.3 is 5.69 Å². The predicted molar refractivity (Wildman–Crippen MR) is 49.7 cm³/mol. The van der Waals surface area contributed by atoms with Crippen LogP contribution in [0.5, 0.6) is 0 Å². The van der Waals surface area contributed by atoms with Gasteiger partial charge in [-0.15, -0.1) is 0 Å². The van der Waals surface area contributed by atoms with E-state index in [1.165, 1.54) is 0 Å². The van der Waals surface area contributed by atoms with Gasteiger partial charge in [-0.05, 0) is 14.1 Å². The number of aliphatic hydroxyl groups is 1. The summed E-state index contributed by atoms with van der Waals surface area (Å²) in [6.45, 7) is 0.590. The van der Waals surface area contributed by atoms with Gasteiger partial charge < -0.3 is 20.0 Å². The first kappa shape index (κ1) is 10.0. The Balaban J connectivity index is 2.45. The number of hydrogen-bond donors (Lipinski definition) is 3. The van der Waals surface area contributed by atoms with Crippen LogP contribution in [0.2, 0.25) is 0 Å². The second-order valence-electron chi connectivity index (χ2n) is 3.39. The molecule has 0 aliphatic heterocycles. The van der Waals surface area contributed by atoms with Gasteiger partial charge in [-0.25, -0.2) is 4.79 Å². The van der Waals surface area contributed by atoms with Crippen LogP contribution in [-0.4, -0.2) is 46.7 Å². The van der Waals surface area contributed by atoms with Crippen LogP contribution in [0.3, 0.4) is 0 Å². The van der Waals surface area contributed by atoms with Crippen molar-refractivity contribution in [2.75, 3.05) is 20.6 Å². The Hall–Kier alpha value is -1.07. The molecule has 1 aromatic heterocycles. The molecule has 13 heavy (non-hydrogen) atoms. The third-order valence-electron chi connectivity index (χ3n) is 1.68. The molecule has 0 aliphatic carbocycles. The van der Waals surface area contributed by atoms with E-state index in [1.54, 1.807) is 6.20 Å². The summed E-state index contributed by atoms with van der Waals surface area (Å²) < 4.78 is 0. The SMILES string of the molecule is CN(C)CC(O)Cc1c[nH]c(=O)[nH]1. The van der Waals surface area contributed by atoms with Crippen molar-refractivity contribution in [3.63, 3.8) is 0 Å². The molecule has 3 N–H and O–H groups in total. The molecule has 1 aromatic rings. The number of rotatable bonds is 4. The van der Waals surface area contributed by atoms with Crippen molar-refractivity contribution in [2.45, 2.75) is 12.5 Å². The predicted octanol–water partition coefficient (Wildman–Crippen LogP) is -0.832. The maximum Gasteiger partial charge on any atom is 0.323 e. The number of aromatic nitrogens is 2. The summed E-state index contributed by atoms with van der Waals surface area (Å²) in [6.07, 6.45) is 1.61. The number of aliphatic hydroxyl groups excluding tert-OH is 1. The van der Waals surface area contributed by atoms with E-state index in [-0.39, 0.29) is 5.69 Å². The van der Waals surface area contributed by atoms with Gasteiger partial charge in [0.2, 0.25) is 0 Å². The molecule has 0 bridgehead atoms. The van der Waals surface area contributed by atoms with E-state index in [0.717, 1.165) is 5.69 Å². The molecule has 0 radical (unpaired) electrons. The molecular weight excluding hydrogens is 170 g/mol. The van der Waals surface area contributed by atoms with Crippen molar-refractivity contribution in [1.82, 2.24) is 14.9 Å². The first-order chi connectivity index (χ1) is 6.08. The number of hydrogen-bond acceptors (Lipinski definition) is 3. The highest BCUT2D eigenvalue weighted by atomic mass is 16.3. The summed E-state index contributed by atoms with van der Waals surface area (Å²) in [7, 11) is 3.78. The van der Waals surface area contributed by atoms with Crippen molar-refractivity contribution >= 4 is 0 Å². The van der Waals surface area contributed by atoms with Crippen LogP contribution in [0.15, 0.2) is 11.0 Å². The molecule has 0 aliphatic rings. The molecule has 5 nitrogen and oxygen atoms in total.